The van der Waals surface area contributed by atoms with Crippen molar-refractivity contribution >= 4 is 28.1 Å². The highest BCUT2D eigenvalue weighted by molar-refractivity contribution is 9.10. The van der Waals surface area contributed by atoms with Crippen LogP contribution in [0.1, 0.15) is 19.4 Å². The molecule has 0 N–H and O–H groups in total. The van der Waals surface area contributed by atoms with E-state index in [1.807, 2.05) is 38.1 Å². The summed E-state index contributed by atoms with van der Waals surface area (Å²) in [5.41, 5.74) is 0.612. The number of nitrogens with zero attached hydrogens (tertiary/aromatic N) is 2. The smallest absolute Gasteiger partial charge is 0.254 e. The molecule has 0 aliphatic carbocycles. The van der Waals surface area contributed by atoms with Crippen LogP contribution in [0.2, 0.25) is 0 Å². The molecule has 2 rings (SSSR count). The number of carbonyl (C=O) groups excluding carboxylic acids is 1. The molecule has 4 heteroatoms. The lowest BCUT2D eigenvalue weighted by Crippen LogP contribution is -2.31. The van der Waals surface area contributed by atoms with Gasteiger partial charge in [0, 0.05) is 10.7 Å². The molecule has 0 saturated carbocycles. The van der Waals surface area contributed by atoms with Gasteiger partial charge in [-0.05, 0) is 31.5 Å². The SMILES string of the molecule is CC1(C)C=NN(Cc2ccc(Br)cc2)C1=O. The first-order valence-corrected chi connectivity index (χ1v) is 5.90. The summed E-state index contributed by atoms with van der Waals surface area (Å²) in [6.07, 6.45) is 1.70. The van der Waals surface area contributed by atoms with Crippen LogP contribution in [0.25, 0.3) is 0 Å². The quantitative estimate of drug-likeness (QED) is 0.820. The highest BCUT2D eigenvalue weighted by Crippen LogP contribution is 2.24. The first-order chi connectivity index (χ1) is 7.49. The Morgan fingerprint density at radius 3 is 2.44 bits per heavy atom. The zero-order valence-electron chi connectivity index (χ0n) is 9.27. The molecule has 84 valence electrons. The summed E-state index contributed by atoms with van der Waals surface area (Å²) in [6, 6.07) is 7.89. The van der Waals surface area contributed by atoms with Gasteiger partial charge in [0.2, 0.25) is 0 Å². The Balaban J connectivity index is 2.10. The number of hydrazone groups is 1. The van der Waals surface area contributed by atoms with Gasteiger partial charge in [0.15, 0.2) is 0 Å². The lowest BCUT2D eigenvalue weighted by Gasteiger charge is -2.17. The Labute approximate surface area is 103 Å². The van der Waals surface area contributed by atoms with E-state index >= 15 is 0 Å². The minimum absolute atomic E-state index is 0.0513. The van der Waals surface area contributed by atoms with Crippen molar-refractivity contribution in [1.82, 2.24) is 5.01 Å². The van der Waals surface area contributed by atoms with Crippen LogP contribution in [-0.4, -0.2) is 17.1 Å². The number of hydrogen-bond donors (Lipinski definition) is 0. The highest BCUT2D eigenvalue weighted by Gasteiger charge is 2.35. The summed E-state index contributed by atoms with van der Waals surface area (Å²) < 4.78 is 1.04. The summed E-state index contributed by atoms with van der Waals surface area (Å²) in [5, 5.41) is 5.65. The van der Waals surface area contributed by atoms with E-state index in [4.69, 9.17) is 0 Å². The molecule has 0 spiro atoms. The highest BCUT2D eigenvalue weighted by atomic mass is 79.9. The van der Waals surface area contributed by atoms with Gasteiger partial charge in [0.25, 0.3) is 5.91 Å². The van der Waals surface area contributed by atoms with Crippen molar-refractivity contribution in [2.45, 2.75) is 20.4 Å². The molecule has 16 heavy (non-hydrogen) atoms. The van der Waals surface area contributed by atoms with Crippen LogP contribution < -0.4 is 0 Å². The Bertz CT molecular complexity index is 437. The number of halogens is 1. The third-order valence-corrected chi connectivity index (χ3v) is 3.08. The number of benzene rings is 1. The summed E-state index contributed by atoms with van der Waals surface area (Å²) in [4.78, 5) is 11.9. The molecular formula is C12H13BrN2O. The largest absolute Gasteiger partial charge is 0.272 e. The molecule has 0 atom stereocenters. The van der Waals surface area contributed by atoms with Crippen molar-refractivity contribution in [3.05, 3.63) is 34.3 Å². The second-order valence-corrected chi connectivity index (χ2v) is 5.37. The number of rotatable bonds is 2. The van der Waals surface area contributed by atoms with Gasteiger partial charge in [-0.25, -0.2) is 5.01 Å². The predicted molar refractivity (Wildman–Crippen MR) is 67.0 cm³/mol. The van der Waals surface area contributed by atoms with Crippen LogP contribution in [0.3, 0.4) is 0 Å². The van der Waals surface area contributed by atoms with E-state index in [1.54, 1.807) is 6.21 Å². The van der Waals surface area contributed by atoms with E-state index in [2.05, 4.69) is 21.0 Å². The van der Waals surface area contributed by atoms with Crippen LogP contribution in [0.15, 0.2) is 33.8 Å². The Kier molecular flexibility index (Phi) is 2.84. The Morgan fingerprint density at radius 1 is 1.31 bits per heavy atom. The minimum atomic E-state index is -0.463. The van der Waals surface area contributed by atoms with Gasteiger partial charge in [-0.2, -0.15) is 5.10 Å². The fraction of sp³-hybridized carbons (Fsp3) is 0.333. The zero-order chi connectivity index (χ0) is 11.8. The second-order valence-electron chi connectivity index (χ2n) is 4.46. The van der Waals surface area contributed by atoms with E-state index < -0.39 is 5.41 Å². The van der Waals surface area contributed by atoms with Gasteiger partial charge in [-0.3, -0.25) is 4.79 Å². The maximum Gasteiger partial charge on any atom is 0.254 e. The first kappa shape index (κ1) is 11.3. The van der Waals surface area contributed by atoms with E-state index in [-0.39, 0.29) is 5.91 Å². The second kappa shape index (κ2) is 4.01. The maximum atomic E-state index is 11.9. The minimum Gasteiger partial charge on any atom is -0.272 e. The Hall–Kier alpha value is -1.16. The molecule has 0 radical (unpaired) electrons. The molecule has 1 aromatic rings. The van der Waals surface area contributed by atoms with Gasteiger partial charge in [0.05, 0.1) is 12.0 Å². The standard InChI is InChI=1S/C12H13BrN2O/c1-12(2)8-14-15(11(12)16)7-9-3-5-10(13)6-4-9/h3-6,8H,7H2,1-2H3. The van der Waals surface area contributed by atoms with Crippen molar-refractivity contribution < 1.29 is 4.79 Å². The van der Waals surface area contributed by atoms with E-state index in [1.165, 1.54) is 5.01 Å². The topological polar surface area (TPSA) is 32.7 Å². The first-order valence-electron chi connectivity index (χ1n) is 5.10. The molecule has 0 fully saturated rings. The third-order valence-electron chi connectivity index (χ3n) is 2.55. The van der Waals surface area contributed by atoms with Gasteiger partial charge >= 0.3 is 0 Å². The predicted octanol–water partition coefficient (Wildman–Crippen LogP) is 2.80. The molecular weight excluding hydrogens is 268 g/mol. The molecule has 1 heterocycles. The summed E-state index contributed by atoms with van der Waals surface area (Å²) in [5.74, 6) is 0.0513. The van der Waals surface area contributed by atoms with Crippen molar-refractivity contribution in [3.63, 3.8) is 0 Å². The average molecular weight is 281 g/mol. The lowest BCUT2D eigenvalue weighted by molar-refractivity contribution is -0.135. The lowest BCUT2D eigenvalue weighted by atomic mass is 9.95. The summed E-state index contributed by atoms with van der Waals surface area (Å²) >= 11 is 3.38. The normalized spacial score (nSPS) is 18.2. The van der Waals surface area contributed by atoms with Crippen LogP contribution in [0, 0.1) is 5.41 Å². The van der Waals surface area contributed by atoms with E-state index in [0.717, 1.165) is 10.0 Å². The third kappa shape index (κ3) is 2.16. The molecule has 3 nitrogen and oxygen atoms in total. The average Bonchev–Trinajstić information content (AvgIpc) is 2.49. The summed E-state index contributed by atoms with van der Waals surface area (Å²) in [6.45, 7) is 4.28. The van der Waals surface area contributed by atoms with Crippen molar-refractivity contribution in [2.24, 2.45) is 10.5 Å². The molecule has 0 unspecified atom stereocenters. The fourth-order valence-corrected chi connectivity index (χ4v) is 1.79. The van der Waals surface area contributed by atoms with Crippen LogP contribution >= 0.6 is 15.9 Å². The van der Waals surface area contributed by atoms with Crippen molar-refractivity contribution in [3.8, 4) is 0 Å². The molecule has 1 aliphatic rings. The molecule has 1 amide bonds. The number of hydrogen-bond acceptors (Lipinski definition) is 2. The van der Waals surface area contributed by atoms with Crippen LogP contribution in [0.4, 0.5) is 0 Å². The van der Waals surface area contributed by atoms with E-state index in [9.17, 15) is 4.79 Å². The van der Waals surface area contributed by atoms with Crippen molar-refractivity contribution in [2.75, 3.05) is 0 Å². The van der Waals surface area contributed by atoms with Crippen molar-refractivity contribution in [1.29, 1.82) is 0 Å². The van der Waals surface area contributed by atoms with Crippen LogP contribution in [0.5, 0.6) is 0 Å². The van der Waals surface area contributed by atoms with Crippen LogP contribution in [-0.2, 0) is 11.3 Å². The summed E-state index contributed by atoms with van der Waals surface area (Å²) in [7, 11) is 0. The van der Waals surface area contributed by atoms with E-state index in [0.29, 0.717) is 6.54 Å². The molecule has 1 aliphatic heterocycles. The van der Waals surface area contributed by atoms with Gasteiger partial charge in [-0.1, -0.05) is 28.1 Å². The molecule has 1 aromatic carbocycles. The molecule has 0 bridgehead atoms. The fourth-order valence-electron chi connectivity index (χ4n) is 1.53. The van der Waals surface area contributed by atoms with Gasteiger partial charge in [-0.15, -0.1) is 0 Å². The zero-order valence-corrected chi connectivity index (χ0v) is 10.9. The van der Waals surface area contributed by atoms with Gasteiger partial charge in [0.1, 0.15) is 0 Å². The number of amides is 1. The molecule has 0 aromatic heterocycles. The maximum absolute atomic E-state index is 11.9. The Morgan fingerprint density at radius 2 is 1.94 bits per heavy atom. The monoisotopic (exact) mass is 280 g/mol. The van der Waals surface area contributed by atoms with Gasteiger partial charge < -0.3 is 0 Å². The molecule has 0 saturated heterocycles. The number of carbonyl (C=O) groups is 1.